The smallest absolute Gasteiger partial charge is 0.370 e. The van der Waals surface area contributed by atoms with Crippen LogP contribution < -0.4 is 5.73 Å². The van der Waals surface area contributed by atoms with Crippen LogP contribution in [0.25, 0.3) is 0 Å². The van der Waals surface area contributed by atoms with Gasteiger partial charge in [0.05, 0.1) is 12.6 Å². The molecule has 2 N–H and O–H groups in total. The topological polar surface area (TPSA) is 35.2 Å². The van der Waals surface area contributed by atoms with E-state index in [1.807, 2.05) is 0 Å². The minimum atomic E-state index is -4.56. The van der Waals surface area contributed by atoms with Crippen LogP contribution in [0, 0.1) is 17.5 Å². The molecule has 0 aromatic heterocycles. The number of ether oxygens (including phenoxy) is 1. The molecular formula is C10H9F6NO. The van der Waals surface area contributed by atoms with Crippen molar-refractivity contribution in [1.29, 1.82) is 0 Å². The van der Waals surface area contributed by atoms with E-state index in [0.29, 0.717) is 12.1 Å². The molecule has 102 valence electrons. The Labute approximate surface area is 98.3 Å². The zero-order valence-corrected chi connectivity index (χ0v) is 8.90. The summed E-state index contributed by atoms with van der Waals surface area (Å²) in [5.74, 6) is -3.68. The van der Waals surface area contributed by atoms with E-state index in [2.05, 4.69) is 4.74 Å². The summed E-state index contributed by atoms with van der Waals surface area (Å²) >= 11 is 0. The lowest BCUT2D eigenvalue weighted by Crippen LogP contribution is -2.24. The Morgan fingerprint density at radius 3 is 2.06 bits per heavy atom. The largest absolute Gasteiger partial charge is 0.411 e. The van der Waals surface area contributed by atoms with Crippen LogP contribution in [0.2, 0.25) is 0 Å². The van der Waals surface area contributed by atoms with E-state index in [1.54, 1.807) is 0 Å². The van der Waals surface area contributed by atoms with Crippen molar-refractivity contribution in [3.05, 3.63) is 35.1 Å². The molecular weight excluding hydrogens is 264 g/mol. The van der Waals surface area contributed by atoms with E-state index in [0.717, 1.165) is 0 Å². The van der Waals surface area contributed by atoms with Gasteiger partial charge in [-0.3, -0.25) is 0 Å². The van der Waals surface area contributed by atoms with Gasteiger partial charge in [-0.25, -0.2) is 13.2 Å². The maximum absolute atomic E-state index is 13.2. The first-order chi connectivity index (χ1) is 8.20. The quantitative estimate of drug-likeness (QED) is 0.856. The lowest BCUT2D eigenvalue weighted by molar-refractivity contribution is -0.174. The maximum Gasteiger partial charge on any atom is 0.411 e. The summed E-state index contributed by atoms with van der Waals surface area (Å²) in [5, 5.41) is 0. The van der Waals surface area contributed by atoms with Crippen LogP contribution in [-0.2, 0) is 4.74 Å². The first kappa shape index (κ1) is 14.8. The van der Waals surface area contributed by atoms with Crippen LogP contribution in [0.4, 0.5) is 26.3 Å². The minimum absolute atomic E-state index is 0.391. The average molecular weight is 273 g/mol. The number of halogens is 6. The molecule has 0 aliphatic carbocycles. The van der Waals surface area contributed by atoms with E-state index in [1.165, 1.54) is 0 Å². The fourth-order valence-electron chi connectivity index (χ4n) is 1.29. The van der Waals surface area contributed by atoms with Gasteiger partial charge < -0.3 is 10.5 Å². The number of hydrogen-bond acceptors (Lipinski definition) is 2. The molecule has 0 fully saturated rings. The van der Waals surface area contributed by atoms with Crippen LogP contribution in [0.15, 0.2) is 12.1 Å². The molecule has 1 atom stereocenters. The Hall–Kier alpha value is -1.28. The summed E-state index contributed by atoms with van der Waals surface area (Å²) in [6.45, 7) is -2.32. The standard InChI is InChI=1S/C10H9F6NO/c11-5-1-6(12)9(7(13)2-5)8(17)3-18-4-10(14,15)16/h1-2,8H,3-4,17H2. The van der Waals surface area contributed by atoms with Crippen molar-refractivity contribution in [3.8, 4) is 0 Å². The summed E-state index contributed by atoms with van der Waals surface area (Å²) in [5.41, 5.74) is 4.57. The number of benzene rings is 1. The second kappa shape index (κ2) is 5.57. The molecule has 0 saturated heterocycles. The fourth-order valence-corrected chi connectivity index (χ4v) is 1.29. The predicted molar refractivity (Wildman–Crippen MR) is 50.1 cm³/mol. The van der Waals surface area contributed by atoms with E-state index < -0.39 is 48.4 Å². The maximum atomic E-state index is 13.2. The van der Waals surface area contributed by atoms with Gasteiger partial charge in [0.25, 0.3) is 0 Å². The highest BCUT2D eigenvalue weighted by Crippen LogP contribution is 2.22. The van der Waals surface area contributed by atoms with Gasteiger partial charge in [0, 0.05) is 17.7 Å². The lowest BCUT2D eigenvalue weighted by atomic mass is 10.1. The van der Waals surface area contributed by atoms with Crippen molar-refractivity contribution in [3.63, 3.8) is 0 Å². The number of alkyl halides is 3. The van der Waals surface area contributed by atoms with Crippen molar-refractivity contribution in [1.82, 2.24) is 0 Å². The normalized spacial score (nSPS) is 13.7. The van der Waals surface area contributed by atoms with Crippen molar-refractivity contribution >= 4 is 0 Å². The predicted octanol–water partition coefficient (Wildman–Crippen LogP) is 2.68. The van der Waals surface area contributed by atoms with Crippen LogP contribution in [0.1, 0.15) is 11.6 Å². The van der Waals surface area contributed by atoms with Gasteiger partial charge in [0.15, 0.2) is 0 Å². The van der Waals surface area contributed by atoms with Gasteiger partial charge in [-0.1, -0.05) is 0 Å². The second-order valence-electron chi connectivity index (χ2n) is 3.52. The van der Waals surface area contributed by atoms with Crippen LogP contribution in [0.3, 0.4) is 0 Å². The number of rotatable bonds is 4. The Morgan fingerprint density at radius 1 is 1.11 bits per heavy atom. The van der Waals surface area contributed by atoms with E-state index >= 15 is 0 Å². The molecule has 8 heteroatoms. The molecule has 0 amide bonds. The molecule has 2 nitrogen and oxygen atoms in total. The van der Waals surface area contributed by atoms with Crippen molar-refractivity contribution in [2.75, 3.05) is 13.2 Å². The highest BCUT2D eigenvalue weighted by molar-refractivity contribution is 5.24. The Morgan fingerprint density at radius 2 is 1.61 bits per heavy atom. The molecule has 0 spiro atoms. The monoisotopic (exact) mass is 273 g/mol. The summed E-state index contributed by atoms with van der Waals surface area (Å²) in [6.07, 6.45) is -4.56. The van der Waals surface area contributed by atoms with Gasteiger partial charge in [0.1, 0.15) is 24.1 Å². The summed E-state index contributed by atoms with van der Waals surface area (Å²) < 4.78 is 78.4. The molecule has 1 rings (SSSR count). The third kappa shape index (κ3) is 4.19. The SMILES string of the molecule is NC(COCC(F)(F)F)c1c(F)cc(F)cc1F. The molecule has 18 heavy (non-hydrogen) atoms. The van der Waals surface area contributed by atoms with E-state index in [4.69, 9.17) is 5.73 Å². The fraction of sp³-hybridized carbons (Fsp3) is 0.400. The van der Waals surface area contributed by atoms with Gasteiger partial charge in [-0.15, -0.1) is 0 Å². The van der Waals surface area contributed by atoms with Crippen molar-refractivity contribution in [2.24, 2.45) is 5.73 Å². The number of hydrogen-bond donors (Lipinski definition) is 1. The molecule has 0 aliphatic heterocycles. The average Bonchev–Trinajstić information content (AvgIpc) is 2.13. The zero-order valence-electron chi connectivity index (χ0n) is 8.90. The summed E-state index contributed by atoms with van der Waals surface area (Å²) in [4.78, 5) is 0. The van der Waals surface area contributed by atoms with E-state index in [9.17, 15) is 26.3 Å². The first-order valence-corrected chi connectivity index (χ1v) is 4.75. The molecule has 0 saturated carbocycles. The van der Waals surface area contributed by atoms with E-state index in [-0.39, 0.29) is 0 Å². The molecule has 0 bridgehead atoms. The highest BCUT2D eigenvalue weighted by atomic mass is 19.4. The third-order valence-corrected chi connectivity index (χ3v) is 1.98. The molecule has 0 radical (unpaired) electrons. The van der Waals surface area contributed by atoms with Crippen LogP contribution in [0.5, 0.6) is 0 Å². The highest BCUT2D eigenvalue weighted by Gasteiger charge is 2.28. The van der Waals surface area contributed by atoms with Gasteiger partial charge in [-0.05, 0) is 0 Å². The van der Waals surface area contributed by atoms with Crippen molar-refractivity contribution < 1.29 is 31.1 Å². The minimum Gasteiger partial charge on any atom is -0.370 e. The molecule has 1 aromatic rings. The Balaban J connectivity index is 2.70. The molecule has 1 aromatic carbocycles. The van der Waals surface area contributed by atoms with Gasteiger partial charge in [0.2, 0.25) is 0 Å². The zero-order chi connectivity index (χ0) is 13.9. The summed E-state index contributed by atoms with van der Waals surface area (Å²) in [7, 11) is 0. The van der Waals surface area contributed by atoms with Gasteiger partial charge >= 0.3 is 6.18 Å². The third-order valence-electron chi connectivity index (χ3n) is 1.98. The van der Waals surface area contributed by atoms with Crippen LogP contribution in [-0.4, -0.2) is 19.4 Å². The summed E-state index contributed by atoms with van der Waals surface area (Å²) in [6, 6.07) is -0.669. The molecule has 0 aliphatic rings. The Bertz CT molecular complexity index is 396. The van der Waals surface area contributed by atoms with Gasteiger partial charge in [-0.2, -0.15) is 13.2 Å². The number of nitrogens with two attached hydrogens (primary N) is 1. The first-order valence-electron chi connectivity index (χ1n) is 4.75. The second-order valence-corrected chi connectivity index (χ2v) is 3.52. The van der Waals surface area contributed by atoms with Crippen molar-refractivity contribution in [2.45, 2.75) is 12.2 Å². The Kier molecular flexibility index (Phi) is 4.58. The lowest BCUT2D eigenvalue weighted by Gasteiger charge is -2.15. The molecule has 0 heterocycles. The van der Waals surface area contributed by atoms with Crippen LogP contribution >= 0.6 is 0 Å². The molecule has 1 unspecified atom stereocenters.